The number of nitrogens with zero attached hydrogens (tertiary/aromatic N) is 3. The van der Waals surface area contributed by atoms with Crippen LogP contribution in [0.25, 0.3) is 0 Å². The van der Waals surface area contributed by atoms with Crippen LogP contribution in [0, 0.1) is 6.92 Å². The normalized spacial score (nSPS) is 12.2. The Kier molecular flexibility index (Phi) is 10.8. The Bertz CT molecular complexity index is 701. The van der Waals surface area contributed by atoms with Gasteiger partial charge in [-0.15, -0.1) is 24.0 Å². The van der Waals surface area contributed by atoms with Crippen LogP contribution in [0.4, 0.5) is 0 Å². The fourth-order valence-electron chi connectivity index (χ4n) is 2.60. The number of aliphatic imine (C=N–C) groups is 1. The quantitative estimate of drug-likeness (QED) is 0.248. The van der Waals surface area contributed by atoms with E-state index in [0.717, 1.165) is 43.2 Å². The Morgan fingerprint density at radius 1 is 1.30 bits per heavy atom. The van der Waals surface area contributed by atoms with Gasteiger partial charge in [0.25, 0.3) is 0 Å². The zero-order chi connectivity index (χ0) is 18.8. The molecule has 0 aliphatic carbocycles. The number of aryl methyl sites for hydroxylation is 3. The first-order chi connectivity index (χ1) is 12.6. The molecule has 0 saturated heterocycles. The number of guanidine groups is 1. The van der Waals surface area contributed by atoms with Gasteiger partial charge in [0.1, 0.15) is 11.9 Å². The van der Waals surface area contributed by atoms with Gasteiger partial charge in [0.05, 0.1) is 12.7 Å². The number of nitrogens with one attached hydrogen (secondary N) is 2. The van der Waals surface area contributed by atoms with Crippen molar-refractivity contribution in [3.05, 3.63) is 47.8 Å². The maximum Gasteiger partial charge on any atom is 0.191 e. The Labute approximate surface area is 179 Å². The Balaban J connectivity index is 0.00000364. The molecular weight excluding hydrogens is 453 g/mol. The molecule has 150 valence electrons. The highest BCUT2D eigenvalue weighted by Gasteiger charge is 2.06. The van der Waals surface area contributed by atoms with Crippen LogP contribution >= 0.6 is 24.0 Å². The van der Waals surface area contributed by atoms with Crippen molar-refractivity contribution in [2.75, 3.05) is 19.6 Å². The summed E-state index contributed by atoms with van der Waals surface area (Å²) in [5.41, 5.74) is 2.40. The van der Waals surface area contributed by atoms with Crippen molar-refractivity contribution in [3.8, 4) is 5.75 Å². The largest absolute Gasteiger partial charge is 0.489 e. The van der Waals surface area contributed by atoms with E-state index in [1.165, 1.54) is 5.56 Å². The predicted octanol–water partition coefficient (Wildman–Crippen LogP) is 3.30. The summed E-state index contributed by atoms with van der Waals surface area (Å²) in [5, 5.41) is 10.9. The molecule has 1 aromatic carbocycles. The van der Waals surface area contributed by atoms with Crippen LogP contribution in [0.15, 0.2) is 41.7 Å². The summed E-state index contributed by atoms with van der Waals surface area (Å²) < 4.78 is 7.82. The summed E-state index contributed by atoms with van der Waals surface area (Å²) >= 11 is 0. The second-order valence-electron chi connectivity index (χ2n) is 6.47. The standard InChI is InChI=1S/C20H31N5O.HI/c1-5-21-20(22-12-8-10-18-14-24-25(4)15-18)23-13-17(3)26-19-11-7-6-9-16(19)2;/h6-7,9,11,14-15,17H,5,8,10,12-13H2,1-4H3,(H2,21,22,23);1H. The van der Waals surface area contributed by atoms with E-state index in [1.54, 1.807) is 0 Å². The van der Waals surface area contributed by atoms with Gasteiger partial charge in [-0.1, -0.05) is 18.2 Å². The molecule has 1 unspecified atom stereocenters. The lowest BCUT2D eigenvalue weighted by molar-refractivity contribution is 0.228. The third-order valence-corrected chi connectivity index (χ3v) is 3.97. The molecule has 7 heteroatoms. The van der Waals surface area contributed by atoms with E-state index in [1.807, 2.05) is 43.0 Å². The average Bonchev–Trinajstić information content (AvgIpc) is 3.03. The first-order valence-electron chi connectivity index (χ1n) is 9.30. The van der Waals surface area contributed by atoms with Crippen LogP contribution in [0.2, 0.25) is 0 Å². The van der Waals surface area contributed by atoms with E-state index in [2.05, 4.69) is 46.8 Å². The lowest BCUT2D eigenvalue weighted by Crippen LogP contribution is -2.38. The van der Waals surface area contributed by atoms with Gasteiger partial charge in [0.2, 0.25) is 0 Å². The maximum absolute atomic E-state index is 5.99. The SMILES string of the molecule is CCNC(=NCC(C)Oc1ccccc1C)NCCCc1cnn(C)c1.I. The summed E-state index contributed by atoms with van der Waals surface area (Å²) in [7, 11) is 1.94. The number of hydrogen-bond donors (Lipinski definition) is 2. The molecule has 0 radical (unpaired) electrons. The molecule has 0 fully saturated rings. The molecule has 2 rings (SSSR count). The molecule has 2 N–H and O–H groups in total. The van der Waals surface area contributed by atoms with Gasteiger partial charge in [-0.05, 0) is 50.8 Å². The Morgan fingerprint density at radius 2 is 2.07 bits per heavy atom. The molecule has 0 spiro atoms. The van der Waals surface area contributed by atoms with Gasteiger partial charge in [0.15, 0.2) is 5.96 Å². The van der Waals surface area contributed by atoms with Gasteiger partial charge < -0.3 is 15.4 Å². The monoisotopic (exact) mass is 485 g/mol. The van der Waals surface area contributed by atoms with E-state index in [9.17, 15) is 0 Å². The van der Waals surface area contributed by atoms with Gasteiger partial charge in [0, 0.05) is 26.3 Å². The number of halogens is 1. The highest BCUT2D eigenvalue weighted by molar-refractivity contribution is 14.0. The van der Waals surface area contributed by atoms with Gasteiger partial charge >= 0.3 is 0 Å². The van der Waals surface area contributed by atoms with Crippen molar-refractivity contribution in [2.45, 2.75) is 39.7 Å². The molecule has 1 atom stereocenters. The minimum Gasteiger partial charge on any atom is -0.489 e. The summed E-state index contributed by atoms with van der Waals surface area (Å²) in [6.45, 7) is 8.47. The zero-order valence-corrected chi connectivity index (χ0v) is 19.1. The number of hydrogen-bond acceptors (Lipinski definition) is 3. The van der Waals surface area contributed by atoms with E-state index in [0.29, 0.717) is 6.54 Å². The minimum atomic E-state index is 0. The molecule has 27 heavy (non-hydrogen) atoms. The van der Waals surface area contributed by atoms with Crippen molar-refractivity contribution in [1.29, 1.82) is 0 Å². The maximum atomic E-state index is 5.99. The molecule has 6 nitrogen and oxygen atoms in total. The fourth-order valence-corrected chi connectivity index (χ4v) is 2.60. The predicted molar refractivity (Wildman–Crippen MR) is 122 cm³/mol. The Morgan fingerprint density at radius 3 is 2.74 bits per heavy atom. The van der Waals surface area contributed by atoms with Crippen LogP contribution in [-0.2, 0) is 13.5 Å². The second-order valence-corrected chi connectivity index (χ2v) is 6.47. The third-order valence-electron chi connectivity index (χ3n) is 3.97. The average molecular weight is 485 g/mol. The first-order valence-corrected chi connectivity index (χ1v) is 9.30. The highest BCUT2D eigenvalue weighted by atomic mass is 127. The smallest absolute Gasteiger partial charge is 0.191 e. The molecule has 0 saturated carbocycles. The summed E-state index contributed by atoms with van der Waals surface area (Å²) in [5.74, 6) is 1.75. The van der Waals surface area contributed by atoms with Crippen LogP contribution in [0.5, 0.6) is 5.75 Å². The van der Waals surface area contributed by atoms with Crippen molar-refractivity contribution in [1.82, 2.24) is 20.4 Å². The van der Waals surface area contributed by atoms with E-state index in [-0.39, 0.29) is 30.1 Å². The van der Waals surface area contributed by atoms with E-state index >= 15 is 0 Å². The number of ether oxygens (including phenoxy) is 1. The number of rotatable bonds is 9. The van der Waals surface area contributed by atoms with Crippen molar-refractivity contribution in [2.24, 2.45) is 12.0 Å². The molecule has 0 amide bonds. The van der Waals surface area contributed by atoms with Crippen LogP contribution in [-0.4, -0.2) is 41.5 Å². The molecule has 1 heterocycles. The van der Waals surface area contributed by atoms with E-state index in [4.69, 9.17) is 4.74 Å². The number of benzene rings is 1. The van der Waals surface area contributed by atoms with Gasteiger partial charge in [-0.3, -0.25) is 4.68 Å². The van der Waals surface area contributed by atoms with Crippen molar-refractivity contribution < 1.29 is 4.74 Å². The van der Waals surface area contributed by atoms with E-state index < -0.39 is 0 Å². The highest BCUT2D eigenvalue weighted by Crippen LogP contribution is 2.17. The minimum absolute atomic E-state index is 0. The summed E-state index contributed by atoms with van der Waals surface area (Å²) in [6, 6.07) is 8.06. The zero-order valence-electron chi connectivity index (χ0n) is 16.7. The Hall–Kier alpha value is -1.77. The third kappa shape index (κ3) is 8.64. The molecule has 0 aliphatic heterocycles. The number of aromatic nitrogens is 2. The van der Waals surface area contributed by atoms with Gasteiger partial charge in [-0.25, -0.2) is 4.99 Å². The fraction of sp³-hybridized carbons (Fsp3) is 0.500. The second kappa shape index (κ2) is 12.6. The lowest BCUT2D eigenvalue weighted by atomic mass is 10.2. The first kappa shape index (κ1) is 23.3. The van der Waals surface area contributed by atoms with Gasteiger partial charge in [-0.2, -0.15) is 5.10 Å². The lowest BCUT2D eigenvalue weighted by Gasteiger charge is -2.16. The van der Waals surface area contributed by atoms with Crippen molar-refractivity contribution in [3.63, 3.8) is 0 Å². The molecule has 0 bridgehead atoms. The molecule has 2 aromatic rings. The summed E-state index contributed by atoms with van der Waals surface area (Å²) in [6.07, 6.45) is 6.04. The van der Waals surface area contributed by atoms with Crippen molar-refractivity contribution >= 4 is 29.9 Å². The van der Waals surface area contributed by atoms with Crippen LogP contribution < -0.4 is 15.4 Å². The molecular formula is C20H32IN5O. The topological polar surface area (TPSA) is 63.5 Å². The number of para-hydroxylation sites is 1. The molecule has 1 aromatic heterocycles. The van der Waals surface area contributed by atoms with Crippen LogP contribution in [0.3, 0.4) is 0 Å². The van der Waals surface area contributed by atoms with Crippen LogP contribution in [0.1, 0.15) is 31.4 Å². The molecule has 0 aliphatic rings. The summed E-state index contributed by atoms with van der Waals surface area (Å²) in [4.78, 5) is 4.64.